The number of nitrogens with two attached hydrogens (primary N) is 1. The van der Waals surface area contributed by atoms with E-state index in [0.29, 0.717) is 11.4 Å². The number of benzene rings is 1. The highest BCUT2D eigenvalue weighted by Crippen LogP contribution is 2.31. The predicted octanol–water partition coefficient (Wildman–Crippen LogP) is 2.72. The fourth-order valence-electron chi connectivity index (χ4n) is 1.77. The molecule has 2 N–H and O–H groups in total. The SMILES string of the molecule is Cc1ccc(Oc2c(C)nn(C)c2C)c(N)c1. The van der Waals surface area contributed by atoms with E-state index in [-0.39, 0.29) is 0 Å². The maximum absolute atomic E-state index is 5.92. The van der Waals surface area contributed by atoms with Crippen LogP contribution in [0.4, 0.5) is 5.69 Å². The van der Waals surface area contributed by atoms with E-state index in [1.807, 2.05) is 46.0 Å². The van der Waals surface area contributed by atoms with Crippen LogP contribution >= 0.6 is 0 Å². The molecular formula is C13H17N3O. The Morgan fingerprint density at radius 2 is 1.94 bits per heavy atom. The molecule has 0 saturated heterocycles. The molecule has 1 aromatic carbocycles. The number of aromatic nitrogens is 2. The van der Waals surface area contributed by atoms with E-state index in [4.69, 9.17) is 10.5 Å². The summed E-state index contributed by atoms with van der Waals surface area (Å²) in [5, 5.41) is 4.30. The standard InChI is InChI=1S/C13H17N3O/c1-8-5-6-12(11(14)7-8)17-13-9(2)15-16(4)10(13)3/h5-7H,14H2,1-4H3. The van der Waals surface area contributed by atoms with Gasteiger partial charge < -0.3 is 10.5 Å². The van der Waals surface area contributed by atoms with Crippen molar-refractivity contribution >= 4 is 5.69 Å². The van der Waals surface area contributed by atoms with E-state index in [1.165, 1.54) is 0 Å². The third kappa shape index (κ3) is 2.11. The van der Waals surface area contributed by atoms with E-state index in [1.54, 1.807) is 4.68 Å². The van der Waals surface area contributed by atoms with Crippen molar-refractivity contribution in [1.29, 1.82) is 0 Å². The minimum Gasteiger partial charge on any atom is -0.451 e. The van der Waals surface area contributed by atoms with Crippen molar-refractivity contribution < 1.29 is 4.74 Å². The molecule has 0 aliphatic carbocycles. The summed E-state index contributed by atoms with van der Waals surface area (Å²) in [5.74, 6) is 1.46. The zero-order chi connectivity index (χ0) is 12.6. The van der Waals surface area contributed by atoms with Crippen molar-refractivity contribution in [2.24, 2.45) is 7.05 Å². The number of hydrogen-bond acceptors (Lipinski definition) is 3. The molecule has 0 spiro atoms. The van der Waals surface area contributed by atoms with Crippen molar-refractivity contribution in [3.8, 4) is 11.5 Å². The third-order valence-corrected chi connectivity index (χ3v) is 2.82. The van der Waals surface area contributed by atoms with Crippen molar-refractivity contribution in [3.63, 3.8) is 0 Å². The van der Waals surface area contributed by atoms with E-state index in [2.05, 4.69) is 5.10 Å². The Morgan fingerprint density at radius 3 is 2.47 bits per heavy atom. The van der Waals surface area contributed by atoms with Crippen LogP contribution in [-0.2, 0) is 7.05 Å². The van der Waals surface area contributed by atoms with Gasteiger partial charge in [-0.25, -0.2) is 0 Å². The van der Waals surface area contributed by atoms with E-state index in [0.717, 1.165) is 22.7 Å². The van der Waals surface area contributed by atoms with Crippen LogP contribution in [0.3, 0.4) is 0 Å². The molecule has 0 fully saturated rings. The number of nitrogen functional groups attached to an aromatic ring is 1. The Labute approximate surface area is 101 Å². The topological polar surface area (TPSA) is 53.1 Å². The predicted molar refractivity (Wildman–Crippen MR) is 68.3 cm³/mol. The molecule has 1 heterocycles. The van der Waals surface area contributed by atoms with Gasteiger partial charge in [0, 0.05) is 7.05 Å². The monoisotopic (exact) mass is 231 g/mol. The highest BCUT2D eigenvalue weighted by atomic mass is 16.5. The van der Waals surface area contributed by atoms with Crippen LogP contribution in [0.25, 0.3) is 0 Å². The second-order valence-corrected chi connectivity index (χ2v) is 4.27. The summed E-state index contributed by atoms with van der Waals surface area (Å²) in [4.78, 5) is 0. The lowest BCUT2D eigenvalue weighted by molar-refractivity contribution is 0.476. The van der Waals surface area contributed by atoms with Crippen LogP contribution in [-0.4, -0.2) is 9.78 Å². The van der Waals surface area contributed by atoms with Gasteiger partial charge in [0.15, 0.2) is 11.5 Å². The molecule has 1 aromatic heterocycles. The van der Waals surface area contributed by atoms with Gasteiger partial charge in [0.1, 0.15) is 5.69 Å². The molecule has 0 aliphatic heterocycles. The van der Waals surface area contributed by atoms with Gasteiger partial charge in [0.2, 0.25) is 0 Å². The highest BCUT2D eigenvalue weighted by molar-refractivity contribution is 5.56. The number of ether oxygens (including phenoxy) is 1. The molecule has 0 bridgehead atoms. The summed E-state index contributed by atoms with van der Waals surface area (Å²) in [6.07, 6.45) is 0. The highest BCUT2D eigenvalue weighted by Gasteiger charge is 2.12. The minimum atomic E-state index is 0.646. The smallest absolute Gasteiger partial charge is 0.171 e. The zero-order valence-corrected chi connectivity index (χ0v) is 10.6. The molecule has 0 atom stereocenters. The zero-order valence-electron chi connectivity index (χ0n) is 10.6. The first kappa shape index (κ1) is 11.5. The van der Waals surface area contributed by atoms with Crippen molar-refractivity contribution in [2.75, 3.05) is 5.73 Å². The van der Waals surface area contributed by atoms with Crippen LogP contribution in [0.2, 0.25) is 0 Å². The summed E-state index contributed by atoms with van der Waals surface area (Å²) in [6.45, 7) is 5.90. The lowest BCUT2D eigenvalue weighted by Gasteiger charge is -2.09. The quantitative estimate of drug-likeness (QED) is 0.808. The fourth-order valence-corrected chi connectivity index (χ4v) is 1.77. The first-order valence-corrected chi connectivity index (χ1v) is 5.53. The summed E-state index contributed by atoms with van der Waals surface area (Å²) >= 11 is 0. The summed E-state index contributed by atoms with van der Waals surface area (Å²) < 4.78 is 7.64. The van der Waals surface area contributed by atoms with E-state index < -0.39 is 0 Å². The number of hydrogen-bond donors (Lipinski definition) is 1. The van der Waals surface area contributed by atoms with Gasteiger partial charge in [0.25, 0.3) is 0 Å². The van der Waals surface area contributed by atoms with Gasteiger partial charge in [-0.15, -0.1) is 0 Å². The van der Waals surface area contributed by atoms with Crippen LogP contribution in [0.1, 0.15) is 17.0 Å². The number of rotatable bonds is 2. The Kier molecular flexibility index (Phi) is 2.79. The molecule has 90 valence electrons. The van der Waals surface area contributed by atoms with Crippen molar-refractivity contribution in [1.82, 2.24) is 9.78 Å². The molecule has 2 aromatic rings. The van der Waals surface area contributed by atoms with Gasteiger partial charge in [-0.05, 0) is 38.5 Å². The molecule has 4 nitrogen and oxygen atoms in total. The van der Waals surface area contributed by atoms with Crippen LogP contribution in [0.5, 0.6) is 11.5 Å². The van der Waals surface area contributed by atoms with Gasteiger partial charge >= 0.3 is 0 Å². The molecule has 2 rings (SSSR count). The van der Waals surface area contributed by atoms with Crippen LogP contribution < -0.4 is 10.5 Å². The summed E-state index contributed by atoms with van der Waals surface area (Å²) in [5.41, 5.74) is 9.54. The molecule has 0 saturated carbocycles. The first-order valence-electron chi connectivity index (χ1n) is 5.53. The molecule has 0 amide bonds. The van der Waals surface area contributed by atoms with Crippen molar-refractivity contribution in [2.45, 2.75) is 20.8 Å². The molecule has 17 heavy (non-hydrogen) atoms. The fraction of sp³-hybridized carbons (Fsp3) is 0.308. The Balaban J connectivity index is 2.38. The summed E-state index contributed by atoms with van der Waals surface area (Å²) in [7, 11) is 1.90. The molecular weight excluding hydrogens is 214 g/mol. The maximum atomic E-state index is 5.92. The average molecular weight is 231 g/mol. The lowest BCUT2D eigenvalue weighted by atomic mass is 10.2. The molecule has 0 radical (unpaired) electrons. The number of anilines is 1. The molecule has 0 aliphatic rings. The second kappa shape index (κ2) is 4.13. The van der Waals surface area contributed by atoms with Crippen LogP contribution in [0.15, 0.2) is 18.2 Å². The maximum Gasteiger partial charge on any atom is 0.171 e. The van der Waals surface area contributed by atoms with Gasteiger partial charge in [-0.3, -0.25) is 4.68 Å². The normalized spacial score (nSPS) is 10.6. The number of aryl methyl sites for hydroxylation is 3. The average Bonchev–Trinajstić information content (AvgIpc) is 2.48. The van der Waals surface area contributed by atoms with E-state index >= 15 is 0 Å². The van der Waals surface area contributed by atoms with Crippen molar-refractivity contribution in [3.05, 3.63) is 35.2 Å². The third-order valence-electron chi connectivity index (χ3n) is 2.82. The summed E-state index contributed by atoms with van der Waals surface area (Å²) in [6, 6.07) is 5.76. The minimum absolute atomic E-state index is 0.646. The second-order valence-electron chi connectivity index (χ2n) is 4.27. The lowest BCUT2D eigenvalue weighted by Crippen LogP contribution is -1.95. The van der Waals surface area contributed by atoms with E-state index in [9.17, 15) is 0 Å². The Morgan fingerprint density at radius 1 is 1.24 bits per heavy atom. The first-order chi connectivity index (χ1) is 7.99. The largest absolute Gasteiger partial charge is 0.451 e. The van der Waals surface area contributed by atoms with Gasteiger partial charge in [-0.1, -0.05) is 6.07 Å². The van der Waals surface area contributed by atoms with Gasteiger partial charge in [-0.2, -0.15) is 5.10 Å². The Hall–Kier alpha value is -1.97. The van der Waals surface area contributed by atoms with Crippen LogP contribution in [0, 0.1) is 20.8 Å². The number of nitrogens with zero attached hydrogens (tertiary/aromatic N) is 2. The Bertz CT molecular complexity index is 558. The molecule has 4 heteroatoms. The van der Waals surface area contributed by atoms with Gasteiger partial charge in [0.05, 0.1) is 11.4 Å². The molecule has 0 unspecified atom stereocenters.